The van der Waals surface area contributed by atoms with Crippen LogP contribution in [0, 0.1) is 0 Å². The molecule has 1 aromatic rings. The van der Waals surface area contributed by atoms with Gasteiger partial charge in [0.05, 0.1) is 6.10 Å². The smallest absolute Gasteiger partial charge is 0.106 e. The van der Waals surface area contributed by atoms with Crippen molar-refractivity contribution in [1.29, 1.82) is 0 Å². The van der Waals surface area contributed by atoms with E-state index in [9.17, 15) is 0 Å². The van der Waals surface area contributed by atoms with Crippen LogP contribution in [0.3, 0.4) is 0 Å². The minimum atomic E-state index is 0.364. The predicted molar refractivity (Wildman–Crippen MR) is 82.1 cm³/mol. The highest BCUT2D eigenvalue weighted by Gasteiger charge is 2.24. The molecule has 1 aliphatic carbocycles. The molecule has 0 heterocycles. The summed E-state index contributed by atoms with van der Waals surface area (Å²) < 4.78 is 6.40. The maximum atomic E-state index is 5.74. The molecule has 2 atom stereocenters. The van der Waals surface area contributed by atoms with Crippen LogP contribution in [0.25, 0.3) is 0 Å². The largest absolute Gasteiger partial charge is 0.389 e. The van der Waals surface area contributed by atoms with E-state index in [1.165, 1.54) is 0 Å². The van der Waals surface area contributed by atoms with Crippen molar-refractivity contribution in [3.8, 4) is 0 Å². The van der Waals surface area contributed by atoms with E-state index in [-0.39, 0.29) is 0 Å². The first-order valence-electron chi connectivity index (χ1n) is 5.99. The molecule has 0 aromatic heterocycles. The summed E-state index contributed by atoms with van der Waals surface area (Å²) in [6.07, 6.45) is 3.61. The highest BCUT2D eigenvalue weighted by atomic mass is 79.9. The third-order valence-electron chi connectivity index (χ3n) is 3.32. The summed E-state index contributed by atoms with van der Waals surface area (Å²) in [6, 6.07) is 6.34. The van der Waals surface area contributed by atoms with Crippen LogP contribution in [0.1, 0.15) is 24.8 Å². The molecular weight excluding hydrogens is 312 g/mol. The van der Waals surface area contributed by atoms with E-state index >= 15 is 0 Å². The van der Waals surface area contributed by atoms with Gasteiger partial charge >= 0.3 is 0 Å². The quantitative estimate of drug-likeness (QED) is 0.834. The molecule has 1 fully saturated rings. The average Bonchev–Trinajstić information content (AvgIpc) is 2.76. The summed E-state index contributed by atoms with van der Waals surface area (Å²) in [5.41, 5.74) is 7.64. The monoisotopic (exact) mass is 328 g/mol. The summed E-state index contributed by atoms with van der Waals surface area (Å²) in [7, 11) is 1.77. The van der Waals surface area contributed by atoms with Gasteiger partial charge in [-0.3, -0.25) is 0 Å². The highest BCUT2D eigenvalue weighted by molar-refractivity contribution is 9.10. The van der Waals surface area contributed by atoms with E-state index in [4.69, 9.17) is 22.7 Å². The van der Waals surface area contributed by atoms with Gasteiger partial charge in [0, 0.05) is 28.9 Å². The van der Waals surface area contributed by atoms with Gasteiger partial charge in [-0.15, -0.1) is 0 Å². The first kappa shape index (κ1) is 13.8. The molecule has 3 N–H and O–H groups in total. The Labute approximate surface area is 121 Å². The van der Waals surface area contributed by atoms with Gasteiger partial charge in [-0.2, -0.15) is 0 Å². The molecule has 0 amide bonds. The minimum Gasteiger partial charge on any atom is -0.389 e. The topological polar surface area (TPSA) is 47.3 Å². The number of nitrogens with one attached hydrogen (secondary N) is 1. The number of thiocarbonyl (C=S) groups is 1. The number of nitrogens with two attached hydrogens (primary N) is 1. The number of benzene rings is 1. The molecule has 2 unspecified atom stereocenters. The van der Waals surface area contributed by atoms with E-state index in [2.05, 4.69) is 21.2 Å². The molecule has 1 saturated carbocycles. The van der Waals surface area contributed by atoms with E-state index in [1.807, 2.05) is 18.2 Å². The average molecular weight is 329 g/mol. The Bertz CT molecular complexity index is 453. The minimum absolute atomic E-state index is 0.364. The Morgan fingerprint density at radius 3 is 2.89 bits per heavy atom. The molecule has 5 heteroatoms. The first-order valence-corrected chi connectivity index (χ1v) is 7.19. The van der Waals surface area contributed by atoms with Crippen LogP contribution < -0.4 is 11.1 Å². The molecule has 0 spiro atoms. The van der Waals surface area contributed by atoms with E-state index in [0.717, 1.165) is 35.0 Å². The highest BCUT2D eigenvalue weighted by Crippen LogP contribution is 2.28. The van der Waals surface area contributed by atoms with Crippen LogP contribution >= 0.6 is 28.1 Å². The van der Waals surface area contributed by atoms with E-state index in [0.29, 0.717) is 17.1 Å². The van der Waals surface area contributed by atoms with Crippen LogP contribution in [-0.2, 0) is 4.74 Å². The van der Waals surface area contributed by atoms with Crippen molar-refractivity contribution in [2.45, 2.75) is 31.4 Å². The maximum absolute atomic E-state index is 5.74. The molecule has 0 saturated heterocycles. The van der Waals surface area contributed by atoms with Crippen molar-refractivity contribution in [1.82, 2.24) is 0 Å². The van der Waals surface area contributed by atoms with Crippen molar-refractivity contribution in [3.63, 3.8) is 0 Å². The zero-order valence-electron chi connectivity index (χ0n) is 10.3. The number of hydrogen-bond acceptors (Lipinski definition) is 3. The summed E-state index contributed by atoms with van der Waals surface area (Å²) in [4.78, 5) is 0.422. The van der Waals surface area contributed by atoms with E-state index < -0.39 is 0 Å². The summed E-state index contributed by atoms with van der Waals surface area (Å²) >= 11 is 8.55. The Hall–Kier alpha value is -0.650. The van der Waals surface area contributed by atoms with Crippen molar-refractivity contribution in [2.75, 3.05) is 12.4 Å². The normalized spacial score (nSPS) is 23.0. The molecule has 0 radical (unpaired) electrons. The lowest BCUT2D eigenvalue weighted by molar-refractivity contribution is 0.108. The second kappa shape index (κ2) is 5.99. The fourth-order valence-corrected chi connectivity index (χ4v) is 2.90. The predicted octanol–water partition coefficient (Wildman–Crippen LogP) is 3.06. The second-order valence-electron chi connectivity index (χ2n) is 4.57. The number of ether oxygens (including phenoxy) is 1. The molecular formula is C13H17BrN2OS. The molecule has 0 bridgehead atoms. The lowest BCUT2D eigenvalue weighted by Crippen LogP contribution is -2.20. The van der Waals surface area contributed by atoms with Gasteiger partial charge in [0.15, 0.2) is 0 Å². The fourth-order valence-electron chi connectivity index (χ4n) is 2.36. The number of halogens is 1. The van der Waals surface area contributed by atoms with Crippen LogP contribution in [0.15, 0.2) is 22.7 Å². The van der Waals surface area contributed by atoms with E-state index in [1.54, 1.807) is 7.11 Å². The molecule has 1 aliphatic rings. The number of rotatable bonds is 4. The van der Waals surface area contributed by atoms with Crippen molar-refractivity contribution in [3.05, 3.63) is 28.2 Å². The SMILES string of the molecule is COC1CCC(Nc2cc(Br)ccc2C(N)=S)C1. The molecule has 18 heavy (non-hydrogen) atoms. The Morgan fingerprint density at radius 1 is 1.50 bits per heavy atom. The standard InChI is InChI=1S/C13H17BrN2OS/c1-17-10-4-3-9(7-10)16-12-6-8(14)2-5-11(12)13(15)18/h2,5-6,9-10,16H,3-4,7H2,1H3,(H2,15,18). The van der Waals surface area contributed by atoms with Gasteiger partial charge in [-0.25, -0.2) is 0 Å². The van der Waals surface area contributed by atoms with Crippen molar-refractivity contribution in [2.24, 2.45) is 5.73 Å². The van der Waals surface area contributed by atoms with Crippen LogP contribution in [-0.4, -0.2) is 24.2 Å². The maximum Gasteiger partial charge on any atom is 0.106 e. The zero-order chi connectivity index (χ0) is 13.1. The molecule has 2 rings (SSSR count). The summed E-state index contributed by atoms with van der Waals surface area (Å²) in [5.74, 6) is 0. The lowest BCUT2D eigenvalue weighted by Gasteiger charge is -2.17. The molecule has 3 nitrogen and oxygen atoms in total. The molecule has 0 aliphatic heterocycles. The van der Waals surface area contributed by atoms with Crippen LogP contribution in [0.2, 0.25) is 0 Å². The third-order valence-corrected chi connectivity index (χ3v) is 4.04. The van der Waals surface area contributed by atoms with Gasteiger partial charge < -0.3 is 15.8 Å². The molecule has 98 valence electrons. The Morgan fingerprint density at radius 2 is 2.28 bits per heavy atom. The van der Waals surface area contributed by atoms with Crippen molar-refractivity contribution < 1.29 is 4.74 Å². The molecule has 1 aromatic carbocycles. The van der Waals surface area contributed by atoms with Gasteiger partial charge in [-0.1, -0.05) is 28.1 Å². The van der Waals surface area contributed by atoms with Gasteiger partial charge in [0.1, 0.15) is 4.99 Å². The Balaban J connectivity index is 2.13. The van der Waals surface area contributed by atoms with Gasteiger partial charge in [0.2, 0.25) is 0 Å². The lowest BCUT2D eigenvalue weighted by atomic mass is 10.1. The first-order chi connectivity index (χ1) is 8.60. The Kier molecular flexibility index (Phi) is 4.59. The second-order valence-corrected chi connectivity index (χ2v) is 5.92. The number of anilines is 1. The number of hydrogen-bond donors (Lipinski definition) is 2. The van der Waals surface area contributed by atoms with Crippen LogP contribution in [0.5, 0.6) is 0 Å². The van der Waals surface area contributed by atoms with Crippen LogP contribution in [0.4, 0.5) is 5.69 Å². The zero-order valence-corrected chi connectivity index (χ0v) is 12.7. The fraction of sp³-hybridized carbons (Fsp3) is 0.462. The summed E-state index contributed by atoms with van der Waals surface area (Å²) in [6.45, 7) is 0. The third kappa shape index (κ3) is 3.22. The summed E-state index contributed by atoms with van der Waals surface area (Å²) in [5, 5.41) is 3.52. The van der Waals surface area contributed by atoms with Gasteiger partial charge in [-0.05, 0) is 37.5 Å². The number of methoxy groups -OCH3 is 1. The van der Waals surface area contributed by atoms with Crippen molar-refractivity contribution >= 4 is 38.8 Å². The van der Waals surface area contributed by atoms with Gasteiger partial charge in [0.25, 0.3) is 0 Å².